The van der Waals surface area contributed by atoms with Crippen molar-refractivity contribution in [2.45, 2.75) is 39.5 Å². The third kappa shape index (κ3) is 20.2. The first-order chi connectivity index (χ1) is 10.4. The van der Waals surface area contributed by atoms with Gasteiger partial charge < -0.3 is 18.9 Å². The molecule has 0 aromatic heterocycles. The molecule has 0 amide bonds. The Morgan fingerprint density at radius 3 is 1.29 bits per heavy atom. The van der Waals surface area contributed by atoms with E-state index in [1.54, 1.807) is 0 Å². The number of thioether (sulfide) groups is 1. The maximum absolute atomic E-state index is 5.49. The van der Waals surface area contributed by atoms with Crippen molar-refractivity contribution >= 4 is 11.8 Å². The van der Waals surface area contributed by atoms with Crippen LogP contribution in [0.1, 0.15) is 39.5 Å². The molecule has 0 aromatic carbocycles. The largest absolute Gasteiger partial charge is 0.379 e. The monoisotopic (exact) mass is 322 g/mol. The molecule has 4 nitrogen and oxygen atoms in total. The van der Waals surface area contributed by atoms with Gasteiger partial charge in [-0.05, 0) is 12.8 Å². The second kappa shape index (κ2) is 20.2. The first-order valence-electron chi connectivity index (χ1n) is 8.30. The van der Waals surface area contributed by atoms with Crippen LogP contribution in [0.2, 0.25) is 0 Å². The van der Waals surface area contributed by atoms with E-state index in [9.17, 15) is 0 Å². The van der Waals surface area contributed by atoms with Crippen molar-refractivity contribution in [3.05, 3.63) is 0 Å². The van der Waals surface area contributed by atoms with E-state index in [0.29, 0.717) is 26.4 Å². The van der Waals surface area contributed by atoms with Gasteiger partial charge in [-0.3, -0.25) is 0 Å². The zero-order valence-electron chi connectivity index (χ0n) is 13.9. The lowest BCUT2D eigenvalue weighted by molar-refractivity contribution is 0.0516. The lowest BCUT2D eigenvalue weighted by Crippen LogP contribution is -2.09. The third-order valence-corrected chi connectivity index (χ3v) is 3.68. The second-order valence-corrected chi connectivity index (χ2v) is 5.99. The van der Waals surface area contributed by atoms with Gasteiger partial charge in [0, 0.05) is 24.7 Å². The van der Waals surface area contributed by atoms with Crippen molar-refractivity contribution in [2.75, 3.05) is 64.4 Å². The summed E-state index contributed by atoms with van der Waals surface area (Å²) in [5.41, 5.74) is 0. The quantitative estimate of drug-likeness (QED) is 0.362. The molecule has 128 valence electrons. The molecule has 0 saturated heterocycles. The van der Waals surface area contributed by atoms with Crippen molar-refractivity contribution in [3.63, 3.8) is 0 Å². The number of hydrogen-bond donors (Lipinski definition) is 0. The normalized spacial score (nSPS) is 11.1. The molecule has 0 fully saturated rings. The highest BCUT2D eigenvalue weighted by Gasteiger charge is 1.93. The Kier molecular flexibility index (Phi) is 20.4. The first kappa shape index (κ1) is 21.2. The molecular weight excluding hydrogens is 288 g/mol. The van der Waals surface area contributed by atoms with Crippen molar-refractivity contribution in [3.8, 4) is 0 Å². The average Bonchev–Trinajstić information content (AvgIpc) is 2.50. The van der Waals surface area contributed by atoms with E-state index < -0.39 is 0 Å². The molecule has 5 heteroatoms. The average molecular weight is 323 g/mol. The molecule has 0 aliphatic rings. The van der Waals surface area contributed by atoms with Gasteiger partial charge in [0.2, 0.25) is 0 Å². The zero-order chi connectivity index (χ0) is 15.4. The van der Waals surface area contributed by atoms with Gasteiger partial charge in [-0.2, -0.15) is 11.8 Å². The van der Waals surface area contributed by atoms with Gasteiger partial charge >= 0.3 is 0 Å². The SMILES string of the molecule is CCCCOCCOCCSCCOCCOCCCC. The van der Waals surface area contributed by atoms with Crippen LogP contribution in [0.5, 0.6) is 0 Å². The molecule has 0 radical (unpaired) electrons. The minimum Gasteiger partial charge on any atom is -0.379 e. The van der Waals surface area contributed by atoms with E-state index in [1.165, 1.54) is 12.8 Å². The van der Waals surface area contributed by atoms with Crippen LogP contribution in [0.25, 0.3) is 0 Å². The fourth-order valence-corrected chi connectivity index (χ4v) is 2.15. The Bertz CT molecular complexity index is 164. The number of unbranched alkanes of at least 4 members (excludes halogenated alkanes) is 2. The summed E-state index contributed by atoms with van der Waals surface area (Å²) in [4.78, 5) is 0. The number of rotatable bonds is 18. The van der Waals surface area contributed by atoms with E-state index >= 15 is 0 Å². The van der Waals surface area contributed by atoms with Crippen LogP contribution in [-0.4, -0.2) is 64.4 Å². The highest BCUT2D eigenvalue weighted by molar-refractivity contribution is 7.99. The maximum Gasteiger partial charge on any atom is 0.0700 e. The smallest absolute Gasteiger partial charge is 0.0700 e. The second-order valence-electron chi connectivity index (χ2n) is 4.77. The topological polar surface area (TPSA) is 36.9 Å². The van der Waals surface area contributed by atoms with Crippen LogP contribution < -0.4 is 0 Å². The fourth-order valence-electron chi connectivity index (χ4n) is 1.47. The summed E-state index contributed by atoms with van der Waals surface area (Å²) in [7, 11) is 0. The molecule has 21 heavy (non-hydrogen) atoms. The first-order valence-corrected chi connectivity index (χ1v) is 9.46. The third-order valence-electron chi connectivity index (χ3n) is 2.77. The van der Waals surface area contributed by atoms with Crippen LogP contribution in [0, 0.1) is 0 Å². The molecular formula is C16H34O4S. The van der Waals surface area contributed by atoms with Gasteiger partial charge in [-0.15, -0.1) is 0 Å². The molecule has 0 heterocycles. The van der Waals surface area contributed by atoms with E-state index in [-0.39, 0.29) is 0 Å². The molecule has 0 atom stereocenters. The van der Waals surface area contributed by atoms with Gasteiger partial charge in [-0.25, -0.2) is 0 Å². The Morgan fingerprint density at radius 1 is 0.524 bits per heavy atom. The molecule has 0 N–H and O–H groups in total. The predicted octanol–water partition coefficient (Wildman–Crippen LogP) is 3.39. The standard InChI is InChI=1S/C16H34O4S/c1-3-5-7-17-9-11-19-13-15-21-16-14-20-12-10-18-8-6-4-2/h3-16H2,1-2H3. The molecule has 0 aromatic rings. The highest BCUT2D eigenvalue weighted by Crippen LogP contribution is 1.99. The summed E-state index contributed by atoms with van der Waals surface area (Å²) in [5, 5.41) is 0. The van der Waals surface area contributed by atoms with Crippen molar-refractivity contribution in [1.29, 1.82) is 0 Å². The summed E-state index contributed by atoms with van der Waals surface area (Å²) in [6.07, 6.45) is 4.65. The number of hydrogen-bond acceptors (Lipinski definition) is 5. The van der Waals surface area contributed by atoms with E-state index in [1.807, 2.05) is 11.8 Å². The minimum atomic E-state index is 0.704. The van der Waals surface area contributed by atoms with Gasteiger partial charge in [0.1, 0.15) is 0 Å². The van der Waals surface area contributed by atoms with Crippen LogP contribution in [0.4, 0.5) is 0 Å². The van der Waals surface area contributed by atoms with Crippen molar-refractivity contribution in [1.82, 2.24) is 0 Å². The molecule has 0 spiro atoms. The Labute approximate surface area is 135 Å². The molecule has 0 unspecified atom stereocenters. The van der Waals surface area contributed by atoms with Gasteiger partial charge in [0.05, 0.1) is 39.6 Å². The van der Waals surface area contributed by atoms with E-state index in [2.05, 4.69) is 13.8 Å². The van der Waals surface area contributed by atoms with E-state index in [0.717, 1.165) is 50.8 Å². The lowest BCUT2D eigenvalue weighted by Gasteiger charge is -2.06. The van der Waals surface area contributed by atoms with Gasteiger partial charge in [-0.1, -0.05) is 26.7 Å². The lowest BCUT2D eigenvalue weighted by atomic mass is 10.4. The molecule has 0 bridgehead atoms. The van der Waals surface area contributed by atoms with Crippen LogP contribution in [-0.2, 0) is 18.9 Å². The fraction of sp³-hybridized carbons (Fsp3) is 1.00. The van der Waals surface area contributed by atoms with Crippen LogP contribution >= 0.6 is 11.8 Å². The Balaban J connectivity index is 2.90. The summed E-state index contributed by atoms with van der Waals surface area (Å²) >= 11 is 1.87. The Morgan fingerprint density at radius 2 is 0.905 bits per heavy atom. The van der Waals surface area contributed by atoms with Gasteiger partial charge in [0.25, 0.3) is 0 Å². The molecule has 0 saturated carbocycles. The summed E-state index contributed by atoms with van der Waals surface area (Å²) < 4.78 is 21.8. The van der Waals surface area contributed by atoms with Crippen molar-refractivity contribution < 1.29 is 18.9 Å². The highest BCUT2D eigenvalue weighted by atomic mass is 32.2. The van der Waals surface area contributed by atoms with Crippen LogP contribution in [0.15, 0.2) is 0 Å². The summed E-state index contributed by atoms with van der Waals surface area (Å²) in [6, 6.07) is 0. The molecule has 0 aliphatic heterocycles. The predicted molar refractivity (Wildman–Crippen MR) is 90.4 cm³/mol. The maximum atomic E-state index is 5.49. The minimum absolute atomic E-state index is 0.704. The number of ether oxygens (including phenoxy) is 4. The van der Waals surface area contributed by atoms with Crippen molar-refractivity contribution in [2.24, 2.45) is 0 Å². The Hall–Kier alpha value is 0.190. The van der Waals surface area contributed by atoms with E-state index in [4.69, 9.17) is 18.9 Å². The van der Waals surface area contributed by atoms with Crippen LogP contribution in [0.3, 0.4) is 0 Å². The van der Waals surface area contributed by atoms with Gasteiger partial charge in [0.15, 0.2) is 0 Å². The zero-order valence-corrected chi connectivity index (χ0v) is 14.8. The molecule has 0 aliphatic carbocycles. The molecule has 0 rings (SSSR count). The summed E-state index contributed by atoms with van der Waals surface area (Å²) in [6.45, 7) is 10.5. The summed E-state index contributed by atoms with van der Waals surface area (Å²) in [5.74, 6) is 2.04.